The molecule has 0 unspecified atom stereocenters. The minimum Gasteiger partial charge on any atom is -0.384 e. The summed E-state index contributed by atoms with van der Waals surface area (Å²) in [6.07, 6.45) is 4.77. The van der Waals surface area contributed by atoms with Crippen LogP contribution in [0.25, 0.3) is 0 Å². The number of rotatable bonds is 6. The number of aryl methyl sites for hydroxylation is 1. The smallest absolute Gasteiger partial charge is 0.190 e. The fourth-order valence-electron chi connectivity index (χ4n) is 1.83. The van der Waals surface area contributed by atoms with Gasteiger partial charge in [0.25, 0.3) is 0 Å². The van der Waals surface area contributed by atoms with Crippen molar-refractivity contribution in [1.82, 2.24) is 15.0 Å². The molecule has 2 aromatic rings. The molecule has 0 fully saturated rings. The van der Waals surface area contributed by atoms with Gasteiger partial charge in [-0.15, -0.1) is 11.8 Å². The summed E-state index contributed by atoms with van der Waals surface area (Å²) in [6, 6.07) is 6.05. The maximum atomic E-state index is 5.78. The molecule has 2 aromatic heterocycles. The van der Waals surface area contributed by atoms with Gasteiger partial charge in [-0.2, -0.15) is 0 Å². The van der Waals surface area contributed by atoms with Gasteiger partial charge in [0.05, 0.1) is 0 Å². The first-order chi connectivity index (χ1) is 10.1. The Hall–Kier alpha value is -1.27. The highest BCUT2D eigenvalue weighted by molar-refractivity contribution is 7.99. The van der Waals surface area contributed by atoms with Gasteiger partial charge in [0.2, 0.25) is 0 Å². The molecule has 0 radical (unpaired) electrons. The van der Waals surface area contributed by atoms with E-state index in [1.807, 2.05) is 12.5 Å². The predicted molar refractivity (Wildman–Crippen MR) is 91.0 cm³/mol. The minimum atomic E-state index is 0.525. The molecule has 21 heavy (non-hydrogen) atoms. The lowest BCUT2D eigenvalue weighted by Gasteiger charge is -2.07. The van der Waals surface area contributed by atoms with Crippen molar-refractivity contribution in [2.75, 3.05) is 17.7 Å². The second-order valence-electron chi connectivity index (χ2n) is 4.95. The topological polar surface area (TPSA) is 64.7 Å². The Morgan fingerprint density at radius 1 is 1.24 bits per heavy atom. The lowest BCUT2D eigenvalue weighted by Crippen LogP contribution is -1.99. The summed E-state index contributed by atoms with van der Waals surface area (Å²) in [5.74, 6) is 1.95. The minimum absolute atomic E-state index is 0.525. The number of thioether (sulfide) groups is 2. The Morgan fingerprint density at radius 3 is 2.76 bits per heavy atom. The van der Waals surface area contributed by atoms with E-state index in [0.29, 0.717) is 11.7 Å². The molecule has 112 valence electrons. The molecule has 2 heterocycles. The van der Waals surface area contributed by atoms with Crippen LogP contribution in [0.15, 0.2) is 34.6 Å². The fourth-order valence-corrected chi connectivity index (χ4v) is 3.13. The Labute approximate surface area is 134 Å². The second-order valence-corrected chi connectivity index (χ2v) is 6.84. The molecule has 0 aliphatic rings. The van der Waals surface area contributed by atoms with Crippen LogP contribution in [0.1, 0.15) is 31.0 Å². The van der Waals surface area contributed by atoms with Crippen LogP contribution < -0.4 is 5.73 Å². The molecule has 0 bridgehead atoms. The summed E-state index contributed by atoms with van der Waals surface area (Å²) in [5.41, 5.74) is 8.22. The van der Waals surface area contributed by atoms with E-state index in [-0.39, 0.29) is 0 Å². The molecule has 0 amide bonds. The zero-order chi connectivity index (χ0) is 15.2. The number of anilines is 1. The number of nitrogen functional groups attached to an aromatic ring is 1. The summed E-state index contributed by atoms with van der Waals surface area (Å²) in [4.78, 5) is 13.1. The van der Waals surface area contributed by atoms with E-state index in [4.69, 9.17) is 5.73 Å². The third kappa shape index (κ3) is 4.89. The van der Waals surface area contributed by atoms with Crippen LogP contribution in [0.5, 0.6) is 0 Å². The van der Waals surface area contributed by atoms with Crippen molar-refractivity contribution in [1.29, 1.82) is 0 Å². The molecule has 2 rings (SSSR count). The van der Waals surface area contributed by atoms with E-state index in [2.05, 4.69) is 40.9 Å². The molecule has 0 saturated heterocycles. The van der Waals surface area contributed by atoms with Crippen molar-refractivity contribution in [2.24, 2.45) is 0 Å². The third-order valence-corrected chi connectivity index (χ3v) is 4.48. The van der Waals surface area contributed by atoms with Gasteiger partial charge in [-0.05, 0) is 36.3 Å². The molecule has 0 saturated carbocycles. The third-order valence-electron chi connectivity index (χ3n) is 3.01. The Bertz CT molecular complexity index is 602. The fraction of sp³-hybridized carbons (Fsp3) is 0.400. The van der Waals surface area contributed by atoms with Crippen LogP contribution in [0.3, 0.4) is 0 Å². The van der Waals surface area contributed by atoms with Crippen molar-refractivity contribution in [3.8, 4) is 0 Å². The number of nitrogens with zero attached hydrogens (tertiary/aromatic N) is 3. The van der Waals surface area contributed by atoms with E-state index in [9.17, 15) is 0 Å². The first kappa shape index (κ1) is 16.1. The van der Waals surface area contributed by atoms with Gasteiger partial charge < -0.3 is 5.73 Å². The van der Waals surface area contributed by atoms with Crippen molar-refractivity contribution in [2.45, 2.75) is 36.4 Å². The number of hydrogen-bond donors (Lipinski definition) is 1. The molecule has 0 aromatic carbocycles. The average Bonchev–Trinajstić information content (AvgIpc) is 2.47. The molecule has 6 heteroatoms. The van der Waals surface area contributed by atoms with Gasteiger partial charge >= 0.3 is 0 Å². The summed E-state index contributed by atoms with van der Waals surface area (Å²) in [5, 5.41) is 1.64. The summed E-state index contributed by atoms with van der Waals surface area (Å²) >= 11 is 3.19. The van der Waals surface area contributed by atoms with Gasteiger partial charge in [-0.3, -0.25) is 4.98 Å². The standard InChI is InChI=1S/C15H20N4S2/c1-10(2)11-4-6-17-12(8-11)5-7-21-15-18-13(16)9-14(19-15)20-3/h4,6,8-10H,5,7H2,1-3H3,(H2,16,18,19). The normalized spacial score (nSPS) is 11.0. The molecule has 2 N–H and O–H groups in total. The Kier molecular flexibility index (Phi) is 5.87. The van der Waals surface area contributed by atoms with Gasteiger partial charge in [-0.25, -0.2) is 9.97 Å². The molecular weight excluding hydrogens is 300 g/mol. The summed E-state index contributed by atoms with van der Waals surface area (Å²) in [7, 11) is 0. The van der Waals surface area contributed by atoms with E-state index in [0.717, 1.165) is 28.0 Å². The van der Waals surface area contributed by atoms with Gasteiger partial charge in [-0.1, -0.05) is 25.6 Å². The maximum absolute atomic E-state index is 5.78. The van der Waals surface area contributed by atoms with Crippen LogP contribution in [0, 0.1) is 0 Å². The number of nitrogens with two attached hydrogens (primary N) is 1. The first-order valence-corrected chi connectivity index (χ1v) is 9.05. The molecule has 0 spiro atoms. The Morgan fingerprint density at radius 2 is 2.05 bits per heavy atom. The number of hydrogen-bond acceptors (Lipinski definition) is 6. The lowest BCUT2D eigenvalue weighted by atomic mass is 10.0. The number of aromatic nitrogens is 3. The quantitative estimate of drug-likeness (QED) is 0.498. The second kappa shape index (κ2) is 7.66. The zero-order valence-electron chi connectivity index (χ0n) is 12.5. The van der Waals surface area contributed by atoms with Crippen molar-refractivity contribution in [3.05, 3.63) is 35.7 Å². The SMILES string of the molecule is CSc1cc(N)nc(SCCc2cc(C(C)C)ccn2)n1. The monoisotopic (exact) mass is 320 g/mol. The highest BCUT2D eigenvalue weighted by Gasteiger charge is 2.05. The van der Waals surface area contributed by atoms with Crippen molar-refractivity contribution < 1.29 is 0 Å². The predicted octanol–water partition coefficient (Wildman–Crippen LogP) is 3.63. The van der Waals surface area contributed by atoms with Gasteiger partial charge in [0.15, 0.2) is 5.16 Å². The highest BCUT2D eigenvalue weighted by Crippen LogP contribution is 2.21. The Balaban J connectivity index is 1.95. The summed E-state index contributed by atoms with van der Waals surface area (Å²) in [6.45, 7) is 4.39. The van der Waals surface area contributed by atoms with Crippen LogP contribution in [0.2, 0.25) is 0 Å². The van der Waals surface area contributed by atoms with Crippen molar-refractivity contribution >= 4 is 29.3 Å². The van der Waals surface area contributed by atoms with E-state index < -0.39 is 0 Å². The molecule has 0 aliphatic carbocycles. The first-order valence-electron chi connectivity index (χ1n) is 6.84. The van der Waals surface area contributed by atoms with Crippen molar-refractivity contribution in [3.63, 3.8) is 0 Å². The van der Waals surface area contributed by atoms with Gasteiger partial charge in [0, 0.05) is 23.7 Å². The van der Waals surface area contributed by atoms with Crippen LogP contribution >= 0.6 is 23.5 Å². The molecule has 4 nitrogen and oxygen atoms in total. The largest absolute Gasteiger partial charge is 0.384 e. The lowest BCUT2D eigenvalue weighted by molar-refractivity contribution is 0.853. The van der Waals surface area contributed by atoms with E-state index in [1.54, 1.807) is 29.6 Å². The maximum Gasteiger partial charge on any atom is 0.190 e. The van der Waals surface area contributed by atoms with E-state index >= 15 is 0 Å². The van der Waals surface area contributed by atoms with Crippen LogP contribution in [-0.4, -0.2) is 27.0 Å². The summed E-state index contributed by atoms with van der Waals surface area (Å²) < 4.78 is 0. The highest BCUT2D eigenvalue weighted by atomic mass is 32.2. The molecule has 0 atom stereocenters. The number of pyridine rings is 1. The molecule has 0 aliphatic heterocycles. The average molecular weight is 320 g/mol. The molecular formula is C15H20N4S2. The van der Waals surface area contributed by atoms with Gasteiger partial charge in [0.1, 0.15) is 10.8 Å². The van der Waals surface area contributed by atoms with Crippen LogP contribution in [-0.2, 0) is 6.42 Å². The van der Waals surface area contributed by atoms with E-state index in [1.165, 1.54) is 5.56 Å². The van der Waals surface area contributed by atoms with Crippen LogP contribution in [0.4, 0.5) is 5.82 Å². The zero-order valence-corrected chi connectivity index (χ0v) is 14.2.